The van der Waals surface area contributed by atoms with Crippen LogP contribution >= 0.6 is 15.9 Å². The van der Waals surface area contributed by atoms with Crippen molar-refractivity contribution in [2.24, 2.45) is 0 Å². The maximum Gasteiger partial charge on any atom is 0.131 e. The summed E-state index contributed by atoms with van der Waals surface area (Å²) in [4.78, 5) is 6.82. The molecular weight excluding hydrogens is 252 g/mol. The van der Waals surface area contributed by atoms with Crippen LogP contribution in [-0.4, -0.2) is 22.9 Å². The van der Waals surface area contributed by atoms with E-state index in [9.17, 15) is 0 Å². The average Bonchev–Trinajstić information content (AvgIpc) is 2.20. The SMILES string of the molecule is Cc1cccnc1N(CCCBr)C(C)C. The first-order chi connectivity index (χ1) is 7.16. The van der Waals surface area contributed by atoms with Crippen molar-refractivity contribution in [3.8, 4) is 0 Å². The molecule has 0 saturated carbocycles. The Morgan fingerprint density at radius 3 is 2.73 bits per heavy atom. The first-order valence-corrected chi connectivity index (χ1v) is 6.53. The van der Waals surface area contributed by atoms with Crippen LogP contribution in [0.15, 0.2) is 18.3 Å². The molecule has 0 bridgehead atoms. The largest absolute Gasteiger partial charge is 0.354 e. The third kappa shape index (κ3) is 3.49. The summed E-state index contributed by atoms with van der Waals surface area (Å²) >= 11 is 3.47. The van der Waals surface area contributed by atoms with E-state index in [4.69, 9.17) is 0 Å². The minimum absolute atomic E-state index is 0.498. The van der Waals surface area contributed by atoms with Crippen LogP contribution in [0.4, 0.5) is 5.82 Å². The van der Waals surface area contributed by atoms with Crippen molar-refractivity contribution in [3.63, 3.8) is 0 Å². The summed E-state index contributed by atoms with van der Waals surface area (Å²) in [7, 11) is 0. The number of pyridine rings is 1. The number of hydrogen-bond acceptors (Lipinski definition) is 2. The topological polar surface area (TPSA) is 16.1 Å². The van der Waals surface area contributed by atoms with Gasteiger partial charge in [-0.1, -0.05) is 22.0 Å². The summed E-state index contributed by atoms with van der Waals surface area (Å²) in [6.07, 6.45) is 3.01. The molecule has 3 heteroatoms. The summed E-state index contributed by atoms with van der Waals surface area (Å²) in [5, 5.41) is 1.04. The summed E-state index contributed by atoms with van der Waals surface area (Å²) in [6.45, 7) is 7.59. The number of rotatable bonds is 5. The Labute approximate surface area is 101 Å². The van der Waals surface area contributed by atoms with E-state index in [1.807, 2.05) is 12.3 Å². The van der Waals surface area contributed by atoms with E-state index < -0.39 is 0 Å². The molecule has 0 spiro atoms. The van der Waals surface area contributed by atoms with Gasteiger partial charge >= 0.3 is 0 Å². The first-order valence-electron chi connectivity index (χ1n) is 5.41. The zero-order chi connectivity index (χ0) is 11.3. The van der Waals surface area contributed by atoms with Crippen molar-refractivity contribution in [3.05, 3.63) is 23.9 Å². The van der Waals surface area contributed by atoms with Crippen molar-refractivity contribution in [2.75, 3.05) is 16.8 Å². The molecule has 0 saturated heterocycles. The molecule has 0 amide bonds. The molecule has 1 heterocycles. The van der Waals surface area contributed by atoms with E-state index in [-0.39, 0.29) is 0 Å². The zero-order valence-electron chi connectivity index (χ0n) is 9.70. The standard InChI is InChI=1S/C12H19BrN2/c1-10(2)15(9-5-7-13)12-11(3)6-4-8-14-12/h4,6,8,10H,5,7,9H2,1-3H3. The van der Waals surface area contributed by atoms with Gasteiger partial charge in [0.15, 0.2) is 0 Å². The van der Waals surface area contributed by atoms with Crippen molar-refractivity contribution in [2.45, 2.75) is 33.2 Å². The number of hydrogen-bond donors (Lipinski definition) is 0. The minimum atomic E-state index is 0.498. The summed E-state index contributed by atoms with van der Waals surface area (Å²) < 4.78 is 0. The van der Waals surface area contributed by atoms with Gasteiger partial charge in [0.1, 0.15) is 5.82 Å². The molecule has 0 radical (unpaired) electrons. The Bertz CT molecular complexity index is 299. The smallest absolute Gasteiger partial charge is 0.131 e. The molecule has 2 nitrogen and oxygen atoms in total. The van der Waals surface area contributed by atoms with Gasteiger partial charge in [0.25, 0.3) is 0 Å². The van der Waals surface area contributed by atoms with Gasteiger partial charge in [-0.3, -0.25) is 0 Å². The van der Waals surface area contributed by atoms with Gasteiger partial charge in [0.05, 0.1) is 0 Å². The van der Waals surface area contributed by atoms with Crippen LogP contribution in [0.25, 0.3) is 0 Å². The number of nitrogens with zero attached hydrogens (tertiary/aromatic N) is 2. The maximum atomic E-state index is 4.46. The number of anilines is 1. The van der Waals surface area contributed by atoms with Crippen LogP contribution in [0.1, 0.15) is 25.8 Å². The molecule has 0 aliphatic rings. The quantitative estimate of drug-likeness (QED) is 0.763. The maximum absolute atomic E-state index is 4.46. The molecule has 0 fully saturated rings. The van der Waals surface area contributed by atoms with Crippen LogP contribution in [0.3, 0.4) is 0 Å². The fraction of sp³-hybridized carbons (Fsp3) is 0.583. The summed E-state index contributed by atoms with van der Waals surface area (Å²) in [6, 6.07) is 4.60. The lowest BCUT2D eigenvalue weighted by Gasteiger charge is -2.28. The first kappa shape index (κ1) is 12.5. The molecular formula is C12H19BrN2. The predicted molar refractivity (Wildman–Crippen MR) is 69.9 cm³/mol. The van der Waals surface area contributed by atoms with E-state index >= 15 is 0 Å². The normalized spacial score (nSPS) is 10.7. The highest BCUT2D eigenvalue weighted by molar-refractivity contribution is 9.09. The molecule has 0 N–H and O–H groups in total. The van der Waals surface area contributed by atoms with Crippen molar-refractivity contribution in [1.29, 1.82) is 0 Å². The predicted octanol–water partition coefficient (Wildman–Crippen LogP) is 3.39. The van der Waals surface area contributed by atoms with Gasteiger partial charge in [-0.25, -0.2) is 4.98 Å². The third-order valence-electron chi connectivity index (χ3n) is 2.41. The van der Waals surface area contributed by atoms with Gasteiger partial charge < -0.3 is 4.90 Å². The summed E-state index contributed by atoms with van der Waals surface area (Å²) in [5.41, 5.74) is 1.25. The van der Waals surface area contributed by atoms with Gasteiger partial charge in [-0.05, 0) is 38.8 Å². The van der Waals surface area contributed by atoms with Crippen molar-refractivity contribution >= 4 is 21.7 Å². The Morgan fingerprint density at radius 1 is 1.47 bits per heavy atom. The van der Waals surface area contributed by atoms with Gasteiger partial charge in [-0.2, -0.15) is 0 Å². The number of aryl methyl sites for hydroxylation is 1. The highest BCUT2D eigenvalue weighted by Gasteiger charge is 2.12. The molecule has 0 atom stereocenters. The highest BCUT2D eigenvalue weighted by Crippen LogP contribution is 2.18. The fourth-order valence-corrected chi connectivity index (χ4v) is 1.87. The molecule has 1 aromatic rings. The van der Waals surface area contributed by atoms with Crippen LogP contribution in [0, 0.1) is 6.92 Å². The Kier molecular flexibility index (Phi) is 5.09. The second-order valence-electron chi connectivity index (χ2n) is 3.97. The molecule has 0 aliphatic carbocycles. The third-order valence-corrected chi connectivity index (χ3v) is 2.97. The number of aromatic nitrogens is 1. The van der Waals surface area contributed by atoms with E-state index in [0.717, 1.165) is 24.1 Å². The Hall–Kier alpha value is -0.570. The van der Waals surface area contributed by atoms with E-state index in [1.165, 1.54) is 5.56 Å². The lowest BCUT2D eigenvalue weighted by molar-refractivity contribution is 0.663. The van der Waals surface area contributed by atoms with Crippen LogP contribution in [-0.2, 0) is 0 Å². The van der Waals surface area contributed by atoms with Crippen molar-refractivity contribution < 1.29 is 0 Å². The number of alkyl halides is 1. The number of halogens is 1. The molecule has 0 unspecified atom stereocenters. The molecule has 84 valence electrons. The lowest BCUT2D eigenvalue weighted by atomic mass is 10.2. The van der Waals surface area contributed by atoms with Crippen LogP contribution in [0.5, 0.6) is 0 Å². The van der Waals surface area contributed by atoms with Gasteiger partial charge in [0, 0.05) is 24.1 Å². The second kappa shape index (κ2) is 6.11. The van der Waals surface area contributed by atoms with Crippen LogP contribution < -0.4 is 4.90 Å². The van der Waals surface area contributed by atoms with E-state index in [1.54, 1.807) is 0 Å². The van der Waals surface area contributed by atoms with E-state index in [2.05, 4.69) is 52.7 Å². The fourth-order valence-electron chi connectivity index (χ4n) is 1.62. The van der Waals surface area contributed by atoms with Crippen LogP contribution in [0.2, 0.25) is 0 Å². The average molecular weight is 271 g/mol. The lowest BCUT2D eigenvalue weighted by Crippen LogP contribution is -2.33. The summed E-state index contributed by atoms with van der Waals surface area (Å²) in [5.74, 6) is 1.12. The highest BCUT2D eigenvalue weighted by atomic mass is 79.9. The molecule has 1 aromatic heterocycles. The molecule has 1 rings (SSSR count). The molecule has 15 heavy (non-hydrogen) atoms. The Morgan fingerprint density at radius 2 is 2.20 bits per heavy atom. The molecule has 0 aromatic carbocycles. The van der Waals surface area contributed by atoms with E-state index in [0.29, 0.717) is 6.04 Å². The van der Waals surface area contributed by atoms with Gasteiger partial charge in [0.2, 0.25) is 0 Å². The Balaban J connectivity index is 2.84. The zero-order valence-corrected chi connectivity index (χ0v) is 11.3. The second-order valence-corrected chi connectivity index (χ2v) is 4.77. The monoisotopic (exact) mass is 270 g/mol. The van der Waals surface area contributed by atoms with Gasteiger partial charge in [-0.15, -0.1) is 0 Å². The minimum Gasteiger partial charge on any atom is -0.354 e. The molecule has 0 aliphatic heterocycles. The van der Waals surface area contributed by atoms with Crippen molar-refractivity contribution in [1.82, 2.24) is 4.98 Å².